The van der Waals surface area contributed by atoms with Crippen LogP contribution in [-0.2, 0) is 32.6 Å². The number of hydrogen-bond donors (Lipinski definition) is 1. The molecule has 0 saturated heterocycles. The van der Waals surface area contributed by atoms with Gasteiger partial charge in [-0.3, -0.25) is 13.9 Å². The number of aryl methyl sites for hydroxylation is 1. The van der Waals surface area contributed by atoms with Crippen molar-refractivity contribution >= 4 is 55.2 Å². The molecule has 0 bridgehead atoms. The third-order valence-corrected chi connectivity index (χ3v) is 11.7. The molecule has 0 spiro atoms. The molecule has 5 rings (SSSR count). The van der Waals surface area contributed by atoms with Gasteiger partial charge in [0.2, 0.25) is 11.8 Å². The van der Waals surface area contributed by atoms with E-state index in [0.717, 1.165) is 62.5 Å². The monoisotopic (exact) mass is 747 g/mol. The summed E-state index contributed by atoms with van der Waals surface area (Å²) in [6.45, 7) is 1.57. The average molecular weight is 749 g/mol. The van der Waals surface area contributed by atoms with Crippen molar-refractivity contribution in [3.63, 3.8) is 0 Å². The van der Waals surface area contributed by atoms with E-state index in [9.17, 15) is 18.0 Å². The van der Waals surface area contributed by atoms with E-state index in [1.807, 2.05) is 79.9 Å². The van der Waals surface area contributed by atoms with E-state index in [0.29, 0.717) is 5.69 Å². The van der Waals surface area contributed by atoms with E-state index in [2.05, 4.69) is 21.2 Å². The summed E-state index contributed by atoms with van der Waals surface area (Å²) in [7, 11) is -4.16. The molecule has 1 aliphatic carbocycles. The zero-order valence-corrected chi connectivity index (χ0v) is 30.6. The van der Waals surface area contributed by atoms with Gasteiger partial charge in [-0.1, -0.05) is 95.4 Å². The average Bonchev–Trinajstić information content (AvgIpc) is 3.10. The van der Waals surface area contributed by atoms with Gasteiger partial charge < -0.3 is 10.2 Å². The van der Waals surface area contributed by atoms with Crippen molar-refractivity contribution in [2.75, 3.05) is 17.1 Å². The number of anilines is 1. The lowest BCUT2D eigenvalue weighted by Gasteiger charge is -2.35. The minimum atomic E-state index is -4.16. The van der Waals surface area contributed by atoms with Gasteiger partial charge in [0.25, 0.3) is 10.0 Å². The first-order valence-electron chi connectivity index (χ1n) is 16.3. The minimum absolute atomic E-state index is 0.0426. The molecule has 0 radical (unpaired) electrons. The fourth-order valence-electron chi connectivity index (χ4n) is 6.04. The van der Waals surface area contributed by atoms with Crippen LogP contribution < -0.4 is 9.62 Å². The van der Waals surface area contributed by atoms with Crippen LogP contribution in [0.3, 0.4) is 0 Å². The van der Waals surface area contributed by atoms with E-state index in [4.69, 9.17) is 0 Å². The quantitative estimate of drug-likeness (QED) is 0.141. The van der Waals surface area contributed by atoms with Crippen molar-refractivity contribution in [1.82, 2.24) is 10.2 Å². The summed E-state index contributed by atoms with van der Waals surface area (Å²) >= 11 is 5.06. The van der Waals surface area contributed by atoms with Gasteiger partial charge in [-0.25, -0.2) is 8.42 Å². The summed E-state index contributed by atoms with van der Waals surface area (Å²) in [5, 5.41) is 3.25. The maximum atomic E-state index is 14.7. The van der Waals surface area contributed by atoms with E-state index in [1.54, 1.807) is 41.3 Å². The number of nitrogens with one attached hydrogen (secondary N) is 1. The van der Waals surface area contributed by atoms with E-state index >= 15 is 0 Å². The number of hydrogen-bond acceptors (Lipinski definition) is 5. The SMILES string of the molecule is CSc1ccc(S(=O)(=O)N(CC(=O)N(Cc2cccc(Br)c2)C(Cc2ccccc2)C(=O)NC2CCCCC2)c2ccc(C)cc2)cc1. The van der Waals surface area contributed by atoms with Gasteiger partial charge in [0, 0.05) is 28.4 Å². The van der Waals surface area contributed by atoms with Crippen molar-refractivity contribution in [3.05, 3.63) is 124 Å². The summed E-state index contributed by atoms with van der Waals surface area (Å²) in [6.07, 6.45) is 7.27. The first kappa shape index (κ1) is 35.7. The van der Waals surface area contributed by atoms with Gasteiger partial charge in [-0.15, -0.1) is 11.8 Å². The summed E-state index contributed by atoms with van der Waals surface area (Å²) in [5.74, 6) is -0.703. The molecule has 1 aliphatic rings. The van der Waals surface area contributed by atoms with Gasteiger partial charge in [-0.2, -0.15) is 0 Å². The molecule has 0 aromatic heterocycles. The third kappa shape index (κ3) is 9.30. The van der Waals surface area contributed by atoms with Gasteiger partial charge in [0.05, 0.1) is 10.6 Å². The Balaban J connectivity index is 1.56. The molecule has 2 amide bonds. The van der Waals surface area contributed by atoms with Crippen LogP contribution in [0.1, 0.15) is 48.8 Å². The second-order valence-electron chi connectivity index (χ2n) is 12.2. The predicted molar refractivity (Wildman–Crippen MR) is 198 cm³/mol. The number of carbonyl (C=O) groups excluding carboxylic acids is 2. The third-order valence-electron chi connectivity index (χ3n) is 8.71. The maximum absolute atomic E-state index is 14.7. The molecule has 252 valence electrons. The van der Waals surface area contributed by atoms with Crippen LogP contribution in [0.15, 0.2) is 117 Å². The van der Waals surface area contributed by atoms with Crippen molar-refractivity contribution < 1.29 is 18.0 Å². The molecule has 1 saturated carbocycles. The van der Waals surface area contributed by atoms with Crippen LogP contribution in [0.2, 0.25) is 0 Å². The Bertz CT molecular complexity index is 1780. The summed E-state index contributed by atoms with van der Waals surface area (Å²) < 4.78 is 30.6. The Labute approximate surface area is 297 Å². The Morgan fingerprint density at radius 2 is 1.54 bits per heavy atom. The number of halogens is 1. The smallest absolute Gasteiger partial charge is 0.264 e. The van der Waals surface area contributed by atoms with Gasteiger partial charge in [0.15, 0.2) is 0 Å². The second-order valence-corrected chi connectivity index (χ2v) is 15.9. The molecular weight excluding hydrogens is 706 g/mol. The van der Waals surface area contributed by atoms with Gasteiger partial charge in [-0.05, 0) is 85.7 Å². The molecule has 7 nitrogen and oxygen atoms in total. The Morgan fingerprint density at radius 3 is 2.19 bits per heavy atom. The molecule has 1 atom stereocenters. The molecule has 4 aromatic rings. The second kappa shape index (κ2) is 16.7. The normalized spacial score (nSPS) is 14.2. The number of amides is 2. The Hall–Kier alpha value is -3.60. The van der Waals surface area contributed by atoms with Crippen LogP contribution in [0.5, 0.6) is 0 Å². The van der Waals surface area contributed by atoms with Gasteiger partial charge in [0.1, 0.15) is 12.6 Å². The number of sulfonamides is 1. The van der Waals surface area contributed by atoms with Crippen LogP contribution >= 0.6 is 27.7 Å². The molecule has 0 heterocycles. The molecule has 4 aromatic carbocycles. The summed E-state index contributed by atoms with van der Waals surface area (Å²) in [6, 6.07) is 30.2. The highest BCUT2D eigenvalue weighted by atomic mass is 79.9. The molecule has 1 fully saturated rings. The van der Waals surface area contributed by atoms with Crippen LogP contribution in [0.4, 0.5) is 5.69 Å². The van der Waals surface area contributed by atoms with Crippen LogP contribution in [-0.4, -0.2) is 50.0 Å². The lowest BCUT2D eigenvalue weighted by atomic mass is 9.94. The topological polar surface area (TPSA) is 86.8 Å². The van der Waals surface area contributed by atoms with Crippen LogP contribution in [0, 0.1) is 6.92 Å². The highest BCUT2D eigenvalue weighted by molar-refractivity contribution is 9.10. The lowest BCUT2D eigenvalue weighted by molar-refractivity contribution is -0.140. The van der Waals surface area contributed by atoms with E-state index in [1.165, 1.54) is 11.8 Å². The summed E-state index contributed by atoms with van der Waals surface area (Å²) in [4.78, 5) is 31.5. The van der Waals surface area contributed by atoms with Crippen LogP contribution in [0.25, 0.3) is 0 Å². The molecule has 0 aliphatic heterocycles. The maximum Gasteiger partial charge on any atom is 0.264 e. The lowest BCUT2D eigenvalue weighted by Crippen LogP contribution is -2.55. The fourth-order valence-corrected chi connectivity index (χ4v) is 8.31. The zero-order valence-electron chi connectivity index (χ0n) is 27.3. The van der Waals surface area contributed by atoms with Crippen molar-refractivity contribution in [1.29, 1.82) is 0 Å². The molecular formula is C38H42BrN3O4S2. The number of benzene rings is 4. The minimum Gasteiger partial charge on any atom is -0.352 e. The number of rotatable bonds is 13. The molecule has 10 heteroatoms. The van der Waals surface area contributed by atoms with Gasteiger partial charge >= 0.3 is 0 Å². The fraction of sp³-hybridized carbons (Fsp3) is 0.316. The first-order valence-corrected chi connectivity index (χ1v) is 19.7. The molecule has 1 unspecified atom stereocenters. The van der Waals surface area contributed by atoms with E-state index < -0.39 is 28.5 Å². The number of thioether (sulfide) groups is 1. The zero-order chi connectivity index (χ0) is 34.1. The molecule has 48 heavy (non-hydrogen) atoms. The first-order chi connectivity index (χ1) is 23.1. The Morgan fingerprint density at radius 1 is 0.875 bits per heavy atom. The van der Waals surface area contributed by atoms with Crippen molar-refractivity contribution in [2.45, 2.75) is 73.9 Å². The highest BCUT2D eigenvalue weighted by Gasteiger charge is 2.35. The number of nitrogens with zero attached hydrogens (tertiary/aromatic N) is 2. The largest absolute Gasteiger partial charge is 0.352 e. The number of carbonyl (C=O) groups is 2. The van der Waals surface area contributed by atoms with Crippen molar-refractivity contribution in [3.8, 4) is 0 Å². The molecule has 1 N–H and O–H groups in total. The standard InChI is InChI=1S/C38H42BrN3O4S2/c1-28-16-18-33(19-17-28)42(48(45,46)35-22-20-34(47-2)21-23-35)27-37(43)41(26-30-12-9-13-31(39)24-30)36(25-29-10-5-3-6-11-29)38(44)40-32-14-7-4-8-15-32/h3,5-6,9-13,16-24,32,36H,4,7-8,14-15,25-27H2,1-2H3,(H,40,44). The van der Waals surface area contributed by atoms with E-state index in [-0.39, 0.29) is 29.8 Å². The summed E-state index contributed by atoms with van der Waals surface area (Å²) in [5.41, 5.74) is 3.06. The Kier molecular flexibility index (Phi) is 12.4. The predicted octanol–water partition coefficient (Wildman–Crippen LogP) is 7.76. The van der Waals surface area contributed by atoms with Crippen molar-refractivity contribution in [2.24, 2.45) is 0 Å². The highest BCUT2D eigenvalue weighted by Crippen LogP contribution is 2.27.